The summed E-state index contributed by atoms with van der Waals surface area (Å²) in [7, 11) is 0. The molecule has 2 aromatic rings. The molecule has 0 fully saturated rings. The lowest BCUT2D eigenvalue weighted by atomic mass is 9.97. The minimum Gasteiger partial charge on any atom is -0.384 e. The summed E-state index contributed by atoms with van der Waals surface area (Å²) in [6, 6.07) is 9.09. The maximum atomic E-state index is 13.1. The second kappa shape index (κ2) is 5.93. The van der Waals surface area contributed by atoms with Crippen LogP contribution in [0.3, 0.4) is 0 Å². The first-order valence-corrected chi connectivity index (χ1v) is 6.43. The highest BCUT2D eigenvalue weighted by Gasteiger charge is 2.12. The van der Waals surface area contributed by atoms with E-state index in [1.807, 2.05) is 24.3 Å². The van der Waals surface area contributed by atoms with Crippen molar-refractivity contribution in [2.75, 3.05) is 0 Å². The molecule has 0 saturated heterocycles. The zero-order chi connectivity index (χ0) is 13.8. The number of aliphatic hydroxyl groups is 1. The molecule has 2 rings (SSSR count). The number of rotatable bonds is 4. The zero-order valence-electron chi connectivity index (χ0n) is 11.2. The van der Waals surface area contributed by atoms with Crippen LogP contribution in [-0.2, 0) is 6.42 Å². The highest BCUT2D eigenvalue weighted by atomic mass is 19.1. The molecule has 1 N–H and O–H groups in total. The molecule has 0 saturated carbocycles. The monoisotopic (exact) mass is 259 g/mol. The summed E-state index contributed by atoms with van der Waals surface area (Å²) in [5.41, 5.74) is 2.42. The summed E-state index contributed by atoms with van der Waals surface area (Å²) in [6.07, 6.45) is 2.74. The van der Waals surface area contributed by atoms with Crippen molar-refractivity contribution in [1.29, 1.82) is 0 Å². The van der Waals surface area contributed by atoms with Gasteiger partial charge in [0.05, 0.1) is 6.20 Å². The number of nitrogens with zero attached hydrogens (tertiary/aromatic N) is 1. The van der Waals surface area contributed by atoms with Crippen LogP contribution in [0.5, 0.6) is 0 Å². The van der Waals surface area contributed by atoms with Gasteiger partial charge in [-0.15, -0.1) is 0 Å². The standard InChI is InChI=1S/C16H18FNO/c1-11(2)6-12-4-3-5-13(7-12)16(19)14-8-15(17)10-18-9-14/h3-5,7-11,16,19H,6H2,1-2H3. The molecule has 1 atom stereocenters. The van der Waals surface area contributed by atoms with Crippen LogP contribution >= 0.6 is 0 Å². The molecule has 0 aliphatic carbocycles. The van der Waals surface area contributed by atoms with Crippen molar-refractivity contribution in [3.8, 4) is 0 Å². The lowest BCUT2D eigenvalue weighted by Gasteiger charge is -2.13. The quantitative estimate of drug-likeness (QED) is 0.911. The first-order valence-electron chi connectivity index (χ1n) is 6.43. The Bertz CT molecular complexity index is 554. The maximum Gasteiger partial charge on any atom is 0.141 e. The van der Waals surface area contributed by atoms with Gasteiger partial charge in [0, 0.05) is 11.8 Å². The Kier molecular flexibility index (Phi) is 4.27. The van der Waals surface area contributed by atoms with Gasteiger partial charge in [-0.25, -0.2) is 4.39 Å². The minimum absolute atomic E-state index is 0.435. The van der Waals surface area contributed by atoms with Gasteiger partial charge in [0.25, 0.3) is 0 Å². The normalized spacial score (nSPS) is 12.7. The topological polar surface area (TPSA) is 33.1 Å². The number of hydrogen-bond acceptors (Lipinski definition) is 2. The fourth-order valence-electron chi connectivity index (χ4n) is 2.13. The average molecular weight is 259 g/mol. The molecule has 100 valence electrons. The Morgan fingerprint density at radius 2 is 1.95 bits per heavy atom. The van der Waals surface area contributed by atoms with Gasteiger partial charge >= 0.3 is 0 Å². The number of aromatic nitrogens is 1. The third-order valence-electron chi connectivity index (χ3n) is 2.95. The average Bonchev–Trinajstić information content (AvgIpc) is 2.37. The Balaban J connectivity index is 2.26. The van der Waals surface area contributed by atoms with Crippen molar-refractivity contribution in [3.05, 3.63) is 65.2 Å². The predicted octanol–water partition coefficient (Wildman–Crippen LogP) is 3.50. The molecule has 0 radical (unpaired) electrons. The molecule has 1 aromatic carbocycles. The van der Waals surface area contributed by atoms with Gasteiger partial charge in [0.15, 0.2) is 0 Å². The van der Waals surface area contributed by atoms with E-state index in [0.717, 1.165) is 18.2 Å². The van der Waals surface area contributed by atoms with Crippen molar-refractivity contribution in [1.82, 2.24) is 4.98 Å². The maximum absolute atomic E-state index is 13.1. The largest absolute Gasteiger partial charge is 0.384 e. The smallest absolute Gasteiger partial charge is 0.141 e. The number of halogens is 1. The fraction of sp³-hybridized carbons (Fsp3) is 0.312. The Hall–Kier alpha value is -1.74. The Labute approximate surface area is 112 Å². The first kappa shape index (κ1) is 13.7. The van der Waals surface area contributed by atoms with Crippen LogP contribution in [0.4, 0.5) is 4.39 Å². The first-order chi connectivity index (χ1) is 9.06. The van der Waals surface area contributed by atoms with E-state index in [9.17, 15) is 9.50 Å². The van der Waals surface area contributed by atoms with Crippen molar-refractivity contribution >= 4 is 0 Å². The SMILES string of the molecule is CC(C)Cc1cccc(C(O)c2cncc(F)c2)c1. The predicted molar refractivity (Wildman–Crippen MR) is 73.2 cm³/mol. The van der Waals surface area contributed by atoms with Gasteiger partial charge in [0.1, 0.15) is 11.9 Å². The second-order valence-corrected chi connectivity index (χ2v) is 5.18. The minimum atomic E-state index is -0.838. The fourth-order valence-corrected chi connectivity index (χ4v) is 2.13. The van der Waals surface area contributed by atoms with Crippen LogP contribution in [0.2, 0.25) is 0 Å². The van der Waals surface area contributed by atoms with E-state index in [4.69, 9.17) is 0 Å². The van der Waals surface area contributed by atoms with E-state index in [0.29, 0.717) is 11.5 Å². The van der Waals surface area contributed by atoms with Gasteiger partial charge in [-0.2, -0.15) is 0 Å². The molecule has 0 aliphatic rings. The van der Waals surface area contributed by atoms with Gasteiger partial charge in [-0.05, 0) is 29.5 Å². The van der Waals surface area contributed by atoms with Crippen LogP contribution in [-0.4, -0.2) is 10.1 Å². The van der Waals surface area contributed by atoms with E-state index >= 15 is 0 Å². The molecule has 3 heteroatoms. The molecule has 0 spiro atoms. The molecule has 1 unspecified atom stereocenters. The molecule has 2 nitrogen and oxygen atoms in total. The summed E-state index contributed by atoms with van der Waals surface area (Å²) in [4.78, 5) is 3.77. The van der Waals surface area contributed by atoms with Crippen molar-refractivity contribution in [3.63, 3.8) is 0 Å². The second-order valence-electron chi connectivity index (χ2n) is 5.18. The van der Waals surface area contributed by atoms with Crippen molar-refractivity contribution < 1.29 is 9.50 Å². The summed E-state index contributed by atoms with van der Waals surface area (Å²) >= 11 is 0. The van der Waals surface area contributed by atoms with Crippen molar-refractivity contribution in [2.24, 2.45) is 5.92 Å². The van der Waals surface area contributed by atoms with Gasteiger partial charge < -0.3 is 5.11 Å². The van der Waals surface area contributed by atoms with Crippen LogP contribution < -0.4 is 0 Å². The molecular formula is C16H18FNO. The van der Waals surface area contributed by atoms with Crippen LogP contribution in [0, 0.1) is 11.7 Å². The third-order valence-corrected chi connectivity index (χ3v) is 2.95. The summed E-state index contributed by atoms with van der Waals surface area (Å²) < 4.78 is 13.1. The van der Waals surface area contributed by atoms with Gasteiger partial charge in [-0.1, -0.05) is 38.1 Å². The Morgan fingerprint density at radius 3 is 2.63 bits per heavy atom. The van der Waals surface area contributed by atoms with E-state index in [-0.39, 0.29) is 0 Å². The molecule has 0 bridgehead atoms. The summed E-state index contributed by atoms with van der Waals surface area (Å²) in [5, 5.41) is 10.3. The Morgan fingerprint density at radius 1 is 1.16 bits per heavy atom. The number of hydrogen-bond donors (Lipinski definition) is 1. The highest BCUT2D eigenvalue weighted by molar-refractivity contribution is 5.31. The molecule has 0 amide bonds. The van der Waals surface area contributed by atoms with E-state index < -0.39 is 11.9 Å². The van der Waals surface area contributed by atoms with Crippen LogP contribution in [0.15, 0.2) is 42.7 Å². The van der Waals surface area contributed by atoms with Crippen LogP contribution in [0.1, 0.15) is 36.6 Å². The van der Waals surface area contributed by atoms with Crippen LogP contribution in [0.25, 0.3) is 0 Å². The lowest BCUT2D eigenvalue weighted by molar-refractivity contribution is 0.219. The third kappa shape index (κ3) is 3.61. The molecular weight excluding hydrogens is 241 g/mol. The lowest BCUT2D eigenvalue weighted by Crippen LogP contribution is -2.02. The molecule has 19 heavy (non-hydrogen) atoms. The number of pyridine rings is 1. The number of aliphatic hydroxyl groups excluding tert-OH is 1. The van der Waals surface area contributed by atoms with E-state index in [1.165, 1.54) is 17.8 Å². The number of benzene rings is 1. The highest BCUT2D eigenvalue weighted by Crippen LogP contribution is 2.23. The molecule has 1 heterocycles. The van der Waals surface area contributed by atoms with Gasteiger partial charge in [-0.3, -0.25) is 4.98 Å². The van der Waals surface area contributed by atoms with E-state index in [1.54, 1.807) is 0 Å². The molecule has 1 aromatic heterocycles. The van der Waals surface area contributed by atoms with Gasteiger partial charge in [0.2, 0.25) is 0 Å². The summed E-state index contributed by atoms with van der Waals surface area (Å²) in [6.45, 7) is 4.30. The summed E-state index contributed by atoms with van der Waals surface area (Å²) in [5.74, 6) is 0.123. The van der Waals surface area contributed by atoms with Crippen molar-refractivity contribution in [2.45, 2.75) is 26.4 Å². The van der Waals surface area contributed by atoms with E-state index in [2.05, 4.69) is 18.8 Å². The zero-order valence-corrected chi connectivity index (χ0v) is 11.2. The molecule has 0 aliphatic heterocycles.